The minimum atomic E-state index is -0.691. The van der Waals surface area contributed by atoms with E-state index in [9.17, 15) is 9.90 Å². The van der Waals surface area contributed by atoms with Crippen LogP contribution in [-0.4, -0.2) is 34.0 Å². The number of carboxylic acid groups (broad SMARTS) is 1. The predicted octanol–water partition coefficient (Wildman–Crippen LogP) is 2.47. The van der Waals surface area contributed by atoms with Gasteiger partial charge < -0.3 is 5.11 Å². The molecule has 2 heterocycles. The maximum atomic E-state index is 11.3. The van der Waals surface area contributed by atoms with Gasteiger partial charge in [0, 0.05) is 18.1 Å². The van der Waals surface area contributed by atoms with Crippen molar-refractivity contribution in [2.45, 2.75) is 33.2 Å². The van der Waals surface area contributed by atoms with Crippen LogP contribution in [0.3, 0.4) is 0 Å². The second-order valence-electron chi connectivity index (χ2n) is 5.53. The number of rotatable bonds is 4. The van der Waals surface area contributed by atoms with Gasteiger partial charge in [0.15, 0.2) is 0 Å². The Morgan fingerprint density at radius 3 is 3.06 bits per heavy atom. The van der Waals surface area contributed by atoms with Crippen LogP contribution < -0.4 is 0 Å². The number of carboxylic acids is 1. The molecule has 18 heavy (non-hydrogen) atoms. The monoisotopic (exact) mass is 268 g/mol. The molecule has 4 nitrogen and oxygen atoms in total. The van der Waals surface area contributed by atoms with Crippen molar-refractivity contribution in [1.82, 2.24) is 9.88 Å². The maximum Gasteiger partial charge on any atom is 0.309 e. The lowest BCUT2D eigenvalue weighted by Crippen LogP contribution is -2.44. The van der Waals surface area contributed by atoms with Crippen LogP contribution in [-0.2, 0) is 11.3 Å². The van der Waals surface area contributed by atoms with E-state index in [0.29, 0.717) is 0 Å². The fourth-order valence-corrected chi connectivity index (χ4v) is 3.14. The van der Waals surface area contributed by atoms with Crippen LogP contribution in [0.2, 0.25) is 0 Å². The predicted molar refractivity (Wildman–Crippen MR) is 71.5 cm³/mol. The lowest BCUT2D eigenvalue weighted by Gasteiger charge is -2.38. The van der Waals surface area contributed by atoms with Crippen molar-refractivity contribution in [2.75, 3.05) is 13.1 Å². The van der Waals surface area contributed by atoms with Crippen LogP contribution in [0.4, 0.5) is 0 Å². The van der Waals surface area contributed by atoms with Crippen molar-refractivity contribution >= 4 is 17.3 Å². The quantitative estimate of drug-likeness (QED) is 0.911. The molecule has 2 rings (SSSR count). The van der Waals surface area contributed by atoms with Gasteiger partial charge in [0.1, 0.15) is 5.01 Å². The molecule has 1 fully saturated rings. The zero-order valence-electron chi connectivity index (χ0n) is 10.9. The lowest BCUT2D eigenvalue weighted by atomic mass is 9.74. The number of thiazole rings is 1. The van der Waals surface area contributed by atoms with Crippen LogP contribution in [0.25, 0.3) is 0 Å². The van der Waals surface area contributed by atoms with Crippen molar-refractivity contribution < 1.29 is 9.90 Å². The Labute approximate surface area is 112 Å². The van der Waals surface area contributed by atoms with E-state index in [2.05, 4.69) is 9.88 Å². The van der Waals surface area contributed by atoms with Gasteiger partial charge in [-0.05, 0) is 39.2 Å². The molecule has 1 aliphatic heterocycles. The van der Waals surface area contributed by atoms with Gasteiger partial charge in [0.25, 0.3) is 0 Å². The molecule has 0 bridgehead atoms. The molecule has 1 aliphatic rings. The normalized spacial score (nSPS) is 22.0. The van der Waals surface area contributed by atoms with Crippen molar-refractivity contribution in [3.8, 4) is 0 Å². The summed E-state index contributed by atoms with van der Waals surface area (Å²) in [6, 6.07) is 0. The number of likely N-dealkylation sites (tertiary alicyclic amines) is 1. The van der Waals surface area contributed by atoms with E-state index >= 15 is 0 Å². The van der Waals surface area contributed by atoms with Crippen molar-refractivity contribution in [3.63, 3.8) is 0 Å². The van der Waals surface area contributed by atoms with Gasteiger partial charge >= 0.3 is 5.97 Å². The maximum absolute atomic E-state index is 11.3. The molecule has 1 aromatic rings. The fourth-order valence-electron chi connectivity index (χ4n) is 2.49. The van der Waals surface area contributed by atoms with Crippen molar-refractivity contribution in [2.24, 2.45) is 11.3 Å². The molecule has 0 radical (unpaired) electrons. The zero-order valence-corrected chi connectivity index (χ0v) is 11.7. The molecular formula is C13H20N2O2S. The molecule has 1 unspecified atom stereocenters. The highest BCUT2D eigenvalue weighted by Gasteiger charge is 2.39. The Balaban J connectivity index is 1.98. The smallest absolute Gasteiger partial charge is 0.309 e. The van der Waals surface area contributed by atoms with Crippen LogP contribution in [0.5, 0.6) is 0 Å². The third kappa shape index (κ3) is 2.90. The number of hydrogen-bond acceptors (Lipinski definition) is 4. The first-order valence-corrected chi connectivity index (χ1v) is 7.22. The van der Waals surface area contributed by atoms with E-state index in [4.69, 9.17) is 0 Å². The summed E-state index contributed by atoms with van der Waals surface area (Å²) in [7, 11) is 0. The van der Waals surface area contributed by atoms with Crippen LogP contribution in [0.1, 0.15) is 31.7 Å². The fraction of sp³-hybridized carbons (Fsp3) is 0.692. The SMILES string of the molecule is CC(C)(C(=O)O)C1CCCN(Cc2nccs2)C1. The number of nitrogens with zero attached hydrogens (tertiary/aromatic N) is 2. The number of aliphatic carboxylic acids is 1. The molecular weight excluding hydrogens is 248 g/mol. The number of piperidine rings is 1. The van der Waals surface area contributed by atoms with E-state index in [1.165, 1.54) is 0 Å². The second-order valence-corrected chi connectivity index (χ2v) is 6.51. The number of hydrogen-bond donors (Lipinski definition) is 1. The van der Waals surface area contributed by atoms with Crippen LogP contribution in [0.15, 0.2) is 11.6 Å². The van der Waals surface area contributed by atoms with Gasteiger partial charge in [-0.1, -0.05) is 0 Å². The Kier molecular flexibility index (Phi) is 4.02. The van der Waals surface area contributed by atoms with Gasteiger partial charge in [-0.15, -0.1) is 11.3 Å². The van der Waals surface area contributed by atoms with E-state index in [-0.39, 0.29) is 5.92 Å². The van der Waals surface area contributed by atoms with Crippen molar-refractivity contribution in [1.29, 1.82) is 0 Å². The standard InChI is InChI=1S/C13H20N2O2S/c1-13(2,12(16)17)10-4-3-6-15(8-10)9-11-14-5-7-18-11/h5,7,10H,3-4,6,8-9H2,1-2H3,(H,16,17). The minimum Gasteiger partial charge on any atom is -0.481 e. The average Bonchev–Trinajstić information content (AvgIpc) is 2.82. The molecule has 1 N–H and O–H groups in total. The molecule has 1 saturated heterocycles. The summed E-state index contributed by atoms with van der Waals surface area (Å²) >= 11 is 1.66. The summed E-state index contributed by atoms with van der Waals surface area (Å²) in [5.74, 6) is -0.465. The Hall–Kier alpha value is -0.940. The molecule has 0 amide bonds. The topological polar surface area (TPSA) is 53.4 Å². The summed E-state index contributed by atoms with van der Waals surface area (Å²) in [6.45, 7) is 6.44. The summed E-state index contributed by atoms with van der Waals surface area (Å²) < 4.78 is 0. The third-order valence-corrected chi connectivity index (χ3v) is 4.68. The highest BCUT2D eigenvalue weighted by Crippen LogP contribution is 2.34. The molecule has 0 aliphatic carbocycles. The number of aromatic nitrogens is 1. The van der Waals surface area contributed by atoms with Crippen molar-refractivity contribution in [3.05, 3.63) is 16.6 Å². The first-order valence-electron chi connectivity index (χ1n) is 6.34. The van der Waals surface area contributed by atoms with E-state index < -0.39 is 11.4 Å². The molecule has 0 saturated carbocycles. The summed E-state index contributed by atoms with van der Waals surface area (Å²) in [4.78, 5) is 17.9. The molecule has 1 atom stereocenters. The lowest BCUT2D eigenvalue weighted by molar-refractivity contribution is -0.151. The largest absolute Gasteiger partial charge is 0.481 e. The number of carbonyl (C=O) groups is 1. The Bertz CT molecular complexity index is 403. The highest BCUT2D eigenvalue weighted by atomic mass is 32.1. The van der Waals surface area contributed by atoms with E-state index in [1.54, 1.807) is 11.3 Å². The molecule has 0 spiro atoms. The first kappa shape index (κ1) is 13.5. The van der Waals surface area contributed by atoms with Gasteiger partial charge in [-0.2, -0.15) is 0 Å². The molecule has 1 aromatic heterocycles. The molecule has 100 valence electrons. The summed E-state index contributed by atoms with van der Waals surface area (Å²) in [6.07, 6.45) is 3.91. The van der Waals surface area contributed by atoms with Gasteiger partial charge in [-0.25, -0.2) is 4.98 Å². The average molecular weight is 268 g/mol. The highest BCUT2D eigenvalue weighted by molar-refractivity contribution is 7.09. The van der Waals surface area contributed by atoms with E-state index in [1.807, 2.05) is 25.4 Å². The first-order chi connectivity index (χ1) is 8.50. The van der Waals surface area contributed by atoms with E-state index in [0.717, 1.165) is 37.5 Å². The van der Waals surface area contributed by atoms with Crippen LogP contribution >= 0.6 is 11.3 Å². The molecule has 0 aromatic carbocycles. The Morgan fingerprint density at radius 2 is 2.44 bits per heavy atom. The summed E-state index contributed by atoms with van der Waals surface area (Å²) in [5.41, 5.74) is -0.637. The zero-order chi connectivity index (χ0) is 13.2. The second kappa shape index (κ2) is 5.36. The third-order valence-electron chi connectivity index (χ3n) is 3.92. The minimum absolute atomic E-state index is 0.226. The Morgan fingerprint density at radius 1 is 1.67 bits per heavy atom. The van der Waals surface area contributed by atoms with Gasteiger partial charge in [-0.3, -0.25) is 9.69 Å². The molecule has 5 heteroatoms. The van der Waals surface area contributed by atoms with Gasteiger partial charge in [0.05, 0.1) is 12.0 Å². The van der Waals surface area contributed by atoms with Gasteiger partial charge in [0.2, 0.25) is 0 Å². The van der Waals surface area contributed by atoms with Crippen LogP contribution in [0, 0.1) is 11.3 Å². The summed E-state index contributed by atoms with van der Waals surface area (Å²) in [5, 5.41) is 12.4.